The summed E-state index contributed by atoms with van der Waals surface area (Å²) in [7, 11) is 0. The maximum absolute atomic E-state index is 13.6. The van der Waals surface area contributed by atoms with Crippen molar-refractivity contribution in [3.05, 3.63) is 80.1 Å². The van der Waals surface area contributed by atoms with E-state index in [9.17, 15) is 9.59 Å². The Morgan fingerprint density at radius 2 is 1.90 bits per heavy atom. The Morgan fingerprint density at radius 3 is 2.62 bits per heavy atom. The molecule has 0 saturated carbocycles. The van der Waals surface area contributed by atoms with Gasteiger partial charge in [0, 0.05) is 85.3 Å². The van der Waals surface area contributed by atoms with E-state index in [1.165, 1.54) is 4.88 Å². The highest BCUT2D eigenvalue weighted by molar-refractivity contribution is 7.09. The molecule has 2 amide bonds. The zero-order valence-electron chi connectivity index (χ0n) is 21.7. The van der Waals surface area contributed by atoms with Crippen LogP contribution in [0.3, 0.4) is 0 Å². The summed E-state index contributed by atoms with van der Waals surface area (Å²) >= 11 is 14.2. The molecule has 0 unspecified atom stereocenters. The molecule has 4 rings (SSSR count). The molecule has 1 saturated heterocycles. The molecule has 1 fully saturated rings. The molecular formula is C28H34Cl2N6O2S. The van der Waals surface area contributed by atoms with Gasteiger partial charge in [-0.3, -0.25) is 9.59 Å². The number of nitrogens with zero attached hydrogens (tertiary/aromatic N) is 3. The molecule has 0 aliphatic carbocycles. The second-order valence-corrected chi connectivity index (χ2v) is 11.3. The van der Waals surface area contributed by atoms with Crippen molar-refractivity contribution in [3.63, 3.8) is 0 Å². The largest absolute Gasteiger partial charge is 0.353 e. The van der Waals surface area contributed by atoms with E-state index in [0.717, 1.165) is 36.5 Å². The zero-order valence-corrected chi connectivity index (χ0v) is 24.1. The van der Waals surface area contributed by atoms with Crippen molar-refractivity contribution in [2.45, 2.75) is 31.8 Å². The van der Waals surface area contributed by atoms with Crippen LogP contribution < -0.4 is 21.3 Å². The summed E-state index contributed by atoms with van der Waals surface area (Å²) in [5.74, 6) is 0.542. The molecule has 8 nitrogen and oxygen atoms in total. The third-order valence-corrected chi connectivity index (χ3v) is 8.17. The van der Waals surface area contributed by atoms with Crippen LogP contribution in [0.2, 0.25) is 10.0 Å². The van der Waals surface area contributed by atoms with Crippen molar-refractivity contribution in [1.29, 1.82) is 0 Å². The Labute approximate surface area is 243 Å². The van der Waals surface area contributed by atoms with Gasteiger partial charge in [0.25, 0.3) is 0 Å². The van der Waals surface area contributed by atoms with Crippen LogP contribution in [0.1, 0.15) is 22.4 Å². The molecule has 1 aliphatic heterocycles. The first-order chi connectivity index (χ1) is 18.9. The first-order valence-electron chi connectivity index (χ1n) is 13.1. The number of aromatic nitrogens is 1. The van der Waals surface area contributed by atoms with Crippen molar-refractivity contribution in [3.8, 4) is 0 Å². The number of benzene rings is 1. The number of hydrogen-bond acceptors (Lipinski definition) is 7. The van der Waals surface area contributed by atoms with Crippen molar-refractivity contribution >= 4 is 52.2 Å². The lowest BCUT2D eigenvalue weighted by Gasteiger charge is -2.37. The maximum atomic E-state index is 13.6. The van der Waals surface area contributed by atoms with Gasteiger partial charge in [0.1, 0.15) is 11.9 Å². The van der Waals surface area contributed by atoms with Crippen molar-refractivity contribution < 1.29 is 9.59 Å². The molecular weight excluding hydrogens is 555 g/mol. The minimum Gasteiger partial charge on any atom is -0.353 e. The Balaban J connectivity index is 1.36. The van der Waals surface area contributed by atoms with Gasteiger partial charge < -0.3 is 26.2 Å². The molecule has 0 bridgehead atoms. The van der Waals surface area contributed by atoms with E-state index in [1.54, 1.807) is 40.6 Å². The highest BCUT2D eigenvalue weighted by atomic mass is 35.5. The van der Waals surface area contributed by atoms with Crippen LogP contribution in [-0.4, -0.2) is 67.0 Å². The standard InChI is InChI=1S/C28H34Cl2N6O2S/c29-22-6-5-20(24(30)18-22)17-25(34-26(37)7-9-31)28(38)36-14-12-35(13-15-36)27-21(3-1-10-33-27)19-32-11-8-23-4-2-16-39-23/h1-6,10,16,18,25,32H,7-9,11-15,17,19,31H2,(H,34,37)/t25-/m1/s1. The van der Waals surface area contributed by atoms with E-state index in [1.807, 2.05) is 6.07 Å². The average Bonchev–Trinajstić information content (AvgIpc) is 3.46. The van der Waals surface area contributed by atoms with Crippen molar-refractivity contribution in [2.24, 2.45) is 5.73 Å². The summed E-state index contributed by atoms with van der Waals surface area (Å²) in [6.45, 7) is 4.18. The fourth-order valence-corrected chi connectivity index (χ4v) is 5.80. The first kappa shape index (κ1) is 29.3. The second kappa shape index (κ2) is 14.6. The topological polar surface area (TPSA) is 104 Å². The van der Waals surface area contributed by atoms with E-state index in [2.05, 4.69) is 44.1 Å². The number of piperazine rings is 1. The lowest BCUT2D eigenvalue weighted by Crippen LogP contribution is -2.56. The highest BCUT2D eigenvalue weighted by Gasteiger charge is 2.30. The number of rotatable bonds is 12. The predicted octanol–water partition coefficient (Wildman–Crippen LogP) is 3.51. The zero-order chi connectivity index (χ0) is 27.6. The van der Waals surface area contributed by atoms with E-state index in [4.69, 9.17) is 28.9 Å². The van der Waals surface area contributed by atoms with Gasteiger partial charge in [0.2, 0.25) is 11.8 Å². The third kappa shape index (κ3) is 8.40. The van der Waals surface area contributed by atoms with Gasteiger partial charge in [0.15, 0.2) is 0 Å². The van der Waals surface area contributed by atoms with Gasteiger partial charge in [-0.2, -0.15) is 0 Å². The average molecular weight is 590 g/mol. The monoisotopic (exact) mass is 588 g/mol. The van der Waals surface area contributed by atoms with Crippen molar-refractivity contribution in [2.75, 3.05) is 44.2 Å². The lowest BCUT2D eigenvalue weighted by atomic mass is 10.0. The van der Waals surface area contributed by atoms with E-state index in [-0.39, 0.29) is 31.2 Å². The van der Waals surface area contributed by atoms with Crippen molar-refractivity contribution in [1.82, 2.24) is 20.5 Å². The molecule has 1 atom stereocenters. The van der Waals surface area contributed by atoms with E-state index < -0.39 is 6.04 Å². The van der Waals surface area contributed by atoms with E-state index >= 15 is 0 Å². The Bertz CT molecular complexity index is 1230. The molecule has 0 spiro atoms. The SMILES string of the molecule is NCCC(=O)N[C@H](Cc1ccc(Cl)cc1Cl)C(=O)N1CCN(c2ncccc2CNCCc2cccs2)CC1. The summed E-state index contributed by atoms with van der Waals surface area (Å²) in [4.78, 5) is 36.0. The number of anilines is 1. The van der Waals surface area contributed by atoms with Crippen LogP contribution in [0.15, 0.2) is 54.0 Å². The van der Waals surface area contributed by atoms with Crippen LogP contribution in [0.25, 0.3) is 0 Å². The number of nitrogens with two attached hydrogens (primary N) is 1. The normalized spacial score (nSPS) is 14.3. The molecule has 11 heteroatoms. The summed E-state index contributed by atoms with van der Waals surface area (Å²) in [5.41, 5.74) is 7.43. The molecule has 3 heterocycles. The molecule has 1 aromatic carbocycles. The number of pyridine rings is 1. The first-order valence-corrected chi connectivity index (χ1v) is 14.7. The van der Waals surface area contributed by atoms with Gasteiger partial charge in [-0.1, -0.05) is 41.4 Å². The van der Waals surface area contributed by atoms with Gasteiger partial charge >= 0.3 is 0 Å². The van der Waals surface area contributed by atoms with E-state index in [0.29, 0.717) is 36.2 Å². The number of carbonyl (C=O) groups excluding carboxylic acids is 2. The number of nitrogens with one attached hydrogen (secondary N) is 2. The Kier molecular flexibility index (Phi) is 11.0. The predicted molar refractivity (Wildman–Crippen MR) is 159 cm³/mol. The summed E-state index contributed by atoms with van der Waals surface area (Å²) < 4.78 is 0. The van der Waals surface area contributed by atoms with Crippen LogP contribution in [0.4, 0.5) is 5.82 Å². The summed E-state index contributed by atoms with van der Waals surface area (Å²) in [6, 6.07) is 12.7. The van der Waals surface area contributed by atoms with Crippen LogP contribution in [0.5, 0.6) is 0 Å². The molecule has 0 radical (unpaired) electrons. The molecule has 4 N–H and O–H groups in total. The highest BCUT2D eigenvalue weighted by Crippen LogP contribution is 2.24. The van der Waals surface area contributed by atoms with Gasteiger partial charge in [0.05, 0.1) is 0 Å². The molecule has 208 valence electrons. The lowest BCUT2D eigenvalue weighted by molar-refractivity contribution is -0.136. The number of amides is 2. The summed E-state index contributed by atoms with van der Waals surface area (Å²) in [6.07, 6.45) is 3.22. The number of halogens is 2. The molecule has 39 heavy (non-hydrogen) atoms. The van der Waals surface area contributed by atoms with Gasteiger partial charge in [-0.05, 0) is 41.6 Å². The number of carbonyl (C=O) groups is 2. The molecule has 2 aromatic heterocycles. The Morgan fingerprint density at radius 1 is 1.08 bits per heavy atom. The maximum Gasteiger partial charge on any atom is 0.245 e. The van der Waals surface area contributed by atoms with Crippen LogP contribution in [0, 0.1) is 0 Å². The van der Waals surface area contributed by atoms with Crippen LogP contribution in [-0.2, 0) is 29.0 Å². The minimum absolute atomic E-state index is 0.137. The fourth-order valence-electron chi connectivity index (χ4n) is 4.61. The number of thiophene rings is 1. The van der Waals surface area contributed by atoms with Crippen LogP contribution >= 0.6 is 34.5 Å². The summed E-state index contributed by atoms with van der Waals surface area (Å²) in [5, 5.41) is 9.47. The quantitative estimate of drug-likeness (QED) is 0.280. The number of hydrogen-bond donors (Lipinski definition) is 3. The molecule has 3 aromatic rings. The fraction of sp³-hybridized carbons (Fsp3) is 0.393. The Hall–Kier alpha value is -2.69. The molecule has 1 aliphatic rings. The second-order valence-electron chi connectivity index (χ2n) is 9.40. The smallest absolute Gasteiger partial charge is 0.245 e. The van der Waals surface area contributed by atoms with Gasteiger partial charge in [-0.25, -0.2) is 4.98 Å². The van der Waals surface area contributed by atoms with Gasteiger partial charge in [-0.15, -0.1) is 11.3 Å². The third-order valence-electron chi connectivity index (χ3n) is 6.65. The minimum atomic E-state index is -0.743.